The van der Waals surface area contributed by atoms with Crippen molar-refractivity contribution < 1.29 is 9.53 Å². The molecule has 0 bridgehead atoms. The lowest BCUT2D eigenvalue weighted by atomic mass is 9.94. The minimum atomic E-state index is -0.345. The first-order valence-corrected chi connectivity index (χ1v) is 9.02. The van der Waals surface area contributed by atoms with Crippen molar-refractivity contribution in [3.63, 3.8) is 0 Å². The number of para-hydroxylation sites is 2. The van der Waals surface area contributed by atoms with E-state index in [1.165, 1.54) is 12.8 Å². The molecule has 3 N–H and O–H groups in total. The second kappa shape index (κ2) is 9.60. The Labute approximate surface area is 161 Å². The van der Waals surface area contributed by atoms with Crippen LogP contribution in [0.3, 0.4) is 0 Å². The summed E-state index contributed by atoms with van der Waals surface area (Å²) in [6.07, 6.45) is 4.83. The van der Waals surface area contributed by atoms with Crippen LogP contribution in [-0.4, -0.2) is 12.0 Å². The minimum Gasteiger partial charge on any atom is -0.488 e. The maximum absolute atomic E-state index is 12.7. The van der Waals surface area contributed by atoms with Crippen LogP contribution in [0, 0.1) is 5.92 Å². The third-order valence-corrected chi connectivity index (χ3v) is 4.88. The molecule has 2 atom stereocenters. The Morgan fingerprint density at radius 3 is 2.38 bits per heavy atom. The largest absolute Gasteiger partial charge is 0.488 e. The van der Waals surface area contributed by atoms with E-state index in [2.05, 4.69) is 5.32 Å². The topological polar surface area (TPSA) is 64.3 Å². The molecule has 0 aliphatic heterocycles. The number of nitrogens with one attached hydrogen (secondary N) is 1. The molecule has 4 nitrogen and oxygen atoms in total. The van der Waals surface area contributed by atoms with E-state index in [9.17, 15) is 4.79 Å². The van der Waals surface area contributed by atoms with E-state index in [1.807, 2.05) is 61.5 Å². The highest BCUT2D eigenvalue weighted by atomic mass is 35.5. The fourth-order valence-corrected chi connectivity index (χ4v) is 3.23. The molecule has 0 aromatic heterocycles. The van der Waals surface area contributed by atoms with Crippen LogP contribution in [0.2, 0.25) is 0 Å². The highest BCUT2D eigenvalue weighted by Crippen LogP contribution is 2.30. The highest BCUT2D eigenvalue weighted by molar-refractivity contribution is 5.94. The van der Waals surface area contributed by atoms with E-state index < -0.39 is 0 Å². The lowest BCUT2D eigenvalue weighted by Gasteiger charge is -2.21. The molecule has 1 amide bonds. The van der Waals surface area contributed by atoms with Gasteiger partial charge in [-0.1, -0.05) is 49.4 Å². The van der Waals surface area contributed by atoms with E-state index in [4.69, 9.17) is 10.5 Å². The summed E-state index contributed by atoms with van der Waals surface area (Å²) in [5.41, 5.74) is 7.94. The molecule has 26 heavy (non-hydrogen) atoms. The van der Waals surface area contributed by atoms with Gasteiger partial charge in [-0.3, -0.25) is 4.79 Å². The van der Waals surface area contributed by atoms with Gasteiger partial charge in [0.1, 0.15) is 5.75 Å². The number of carbonyl (C=O) groups is 1. The summed E-state index contributed by atoms with van der Waals surface area (Å²) in [4.78, 5) is 12.7. The van der Waals surface area contributed by atoms with Gasteiger partial charge in [0, 0.05) is 6.04 Å². The number of carbonyl (C=O) groups excluding carboxylic acids is 1. The zero-order valence-electron chi connectivity index (χ0n) is 15.1. The Morgan fingerprint density at radius 1 is 1.08 bits per heavy atom. The Morgan fingerprint density at radius 2 is 1.69 bits per heavy atom. The van der Waals surface area contributed by atoms with Crippen molar-refractivity contribution in [1.82, 2.24) is 0 Å². The summed E-state index contributed by atoms with van der Waals surface area (Å²) in [7, 11) is 0. The van der Waals surface area contributed by atoms with E-state index in [1.54, 1.807) is 0 Å². The van der Waals surface area contributed by atoms with Gasteiger partial charge in [-0.05, 0) is 43.4 Å². The molecule has 0 spiro atoms. The van der Waals surface area contributed by atoms with Crippen LogP contribution in [0.5, 0.6) is 5.75 Å². The average Bonchev–Trinajstić information content (AvgIpc) is 3.16. The second-order valence-electron chi connectivity index (χ2n) is 6.73. The third-order valence-electron chi connectivity index (χ3n) is 4.88. The molecule has 1 saturated carbocycles. The third kappa shape index (κ3) is 4.99. The van der Waals surface area contributed by atoms with Crippen LogP contribution in [0.25, 0.3) is 0 Å². The standard InChI is InChI=1S/C21H26N2O2.ClH/c1-15(20(22)16-9-3-2-4-10-16)21(24)23-18-13-7-8-14-19(18)25-17-11-5-6-12-17;/h2-4,7-10,13-15,17,20H,5-6,11-12,22H2,1H3,(H,23,24);1H. The zero-order valence-corrected chi connectivity index (χ0v) is 15.9. The highest BCUT2D eigenvalue weighted by Gasteiger charge is 2.24. The monoisotopic (exact) mass is 374 g/mol. The van der Waals surface area contributed by atoms with Crippen LogP contribution in [0.15, 0.2) is 54.6 Å². The minimum absolute atomic E-state index is 0. The predicted octanol–water partition coefficient (Wildman–Crippen LogP) is 4.70. The lowest BCUT2D eigenvalue weighted by Crippen LogP contribution is -2.30. The van der Waals surface area contributed by atoms with Crippen molar-refractivity contribution in [3.8, 4) is 5.75 Å². The number of benzene rings is 2. The number of hydrogen-bond donors (Lipinski definition) is 2. The molecule has 2 aromatic rings. The van der Waals surface area contributed by atoms with Crippen molar-refractivity contribution in [1.29, 1.82) is 0 Å². The molecule has 1 fully saturated rings. The first-order chi connectivity index (χ1) is 12.1. The molecule has 1 aliphatic rings. The molecule has 2 unspecified atom stereocenters. The Hall–Kier alpha value is -2.04. The molecule has 0 radical (unpaired) electrons. The summed E-state index contributed by atoms with van der Waals surface area (Å²) >= 11 is 0. The van der Waals surface area contributed by atoms with Crippen LogP contribution < -0.4 is 15.8 Å². The van der Waals surface area contributed by atoms with Crippen LogP contribution in [0.1, 0.15) is 44.2 Å². The van der Waals surface area contributed by atoms with Crippen molar-refractivity contribution in [2.75, 3.05) is 5.32 Å². The number of halogens is 1. The Balaban J connectivity index is 0.00000243. The first kappa shape index (κ1) is 20.3. The van der Waals surface area contributed by atoms with Crippen molar-refractivity contribution in [3.05, 3.63) is 60.2 Å². The van der Waals surface area contributed by atoms with Gasteiger partial charge in [-0.15, -0.1) is 12.4 Å². The fourth-order valence-electron chi connectivity index (χ4n) is 3.23. The van der Waals surface area contributed by atoms with Crippen molar-refractivity contribution in [2.24, 2.45) is 11.7 Å². The van der Waals surface area contributed by atoms with Gasteiger partial charge in [-0.25, -0.2) is 0 Å². The van der Waals surface area contributed by atoms with Gasteiger partial charge in [0.15, 0.2) is 0 Å². The van der Waals surface area contributed by atoms with E-state index in [-0.39, 0.29) is 36.4 Å². The second-order valence-corrected chi connectivity index (χ2v) is 6.73. The molecule has 3 rings (SSSR count). The normalized spacial score (nSPS) is 16.4. The zero-order chi connectivity index (χ0) is 17.6. The molecule has 0 saturated heterocycles. The summed E-state index contributed by atoms with van der Waals surface area (Å²) in [6, 6.07) is 17.0. The Bertz CT molecular complexity index is 702. The maximum Gasteiger partial charge on any atom is 0.229 e. The van der Waals surface area contributed by atoms with Crippen molar-refractivity contribution >= 4 is 24.0 Å². The van der Waals surface area contributed by atoms with E-state index in [0.717, 1.165) is 24.2 Å². The summed E-state index contributed by atoms with van der Waals surface area (Å²) in [6.45, 7) is 1.85. The number of nitrogens with two attached hydrogens (primary N) is 1. The molecular formula is C21H27ClN2O2. The number of amides is 1. The first-order valence-electron chi connectivity index (χ1n) is 9.02. The summed E-state index contributed by atoms with van der Waals surface area (Å²) in [5, 5.41) is 2.99. The lowest BCUT2D eigenvalue weighted by molar-refractivity contribution is -0.120. The van der Waals surface area contributed by atoms with E-state index in [0.29, 0.717) is 5.69 Å². The molecule has 0 heterocycles. The summed E-state index contributed by atoms with van der Waals surface area (Å²) < 4.78 is 6.09. The van der Waals surface area contributed by atoms with Crippen LogP contribution >= 0.6 is 12.4 Å². The van der Waals surface area contributed by atoms with Crippen LogP contribution in [-0.2, 0) is 4.79 Å². The number of ether oxygens (including phenoxy) is 1. The molecule has 2 aromatic carbocycles. The smallest absolute Gasteiger partial charge is 0.229 e. The van der Waals surface area contributed by atoms with Crippen LogP contribution in [0.4, 0.5) is 5.69 Å². The van der Waals surface area contributed by atoms with Gasteiger partial charge in [0.2, 0.25) is 5.91 Å². The molecule has 5 heteroatoms. The SMILES string of the molecule is CC(C(=O)Nc1ccccc1OC1CCCC1)C(N)c1ccccc1.Cl. The van der Waals surface area contributed by atoms with Gasteiger partial charge in [0.05, 0.1) is 17.7 Å². The number of hydrogen-bond acceptors (Lipinski definition) is 3. The van der Waals surface area contributed by atoms with Gasteiger partial charge in [-0.2, -0.15) is 0 Å². The predicted molar refractivity (Wildman–Crippen MR) is 108 cm³/mol. The fraction of sp³-hybridized carbons (Fsp3) is 0.381. The number of rotatable bonds is 6. The van der Waals surface area contributed by atoms with Gasteiger partial charge < -0.3 is 15.8 Å². The quantitative estimate of drug-likeness (QED) is 0.769. The molecular weight excluding hydrogens is 348 g/mol. The molecule has 1 aliphatic carbocycles. The molecule has 140 valence electrons. The maximum atomic E-state index is 12.7. The van der Waals surface area contributed by atoms with Gasteiger partial charge >= 0.3 is 0 Å². The van der Waals surface area contributed by atoms with Gasteiger partial charge in [0.25, 0.3) is 0 Å². The van der Waals surface area contributed by atoms with Crippen molar-refractivity contribution in [2.45, 2.75) is 44.8 Å². The summed E-state index contributed by atoms with van der Waals surface area (Å²) in [5.74, 6) is 0.295. The average molecular weight is 375 g/mol. The number of anilines is 1. The van der Waals surface area contributed by atoms with E-state index >= 15 is 0 Å². The Kier molecular flexibility index (Phi) is 7.49.